The molecule has 1 aromatic heterocycles. The van der Waals surface area contributed by atoms with E-state index in [9.17, 15) is 13.2 Å². The van der Waals surface area contributed by atoms with Gasteiger partial charge in [-0.3, -0.25) is 0 Å². The summed E-state index contributed by atoms with van der Waals surface area (Å²) in [5.74, 6) is 0. The molecule has 1 aromatic carbocycles. The summed E-state index contributed by atoms with van der Waals surface area (Å²) >= 11 is 4.91. The summed E-state index contributed by atoms with van der Waals surface area (Å²) in [5.41, 5.74) is 0.677. The molecule has 0 atom stereocenters. The first kappa shape index (κ1) is 14.4. The first-order chi connectivity index (χ1) is 8.86. The van der Waals surface area contributed by atoms with Gasteiger partial charge in [-0.05, 0) is 52.7 Å². The van der Waals surface area contributed by atoms with E-state index >= 15 is 0 Å². The molecule has 6 heteroatoms. The maximum absolute atomic E-state index is 12.6. The fourth-order valence-corrected chi connectivity index (χ4v) is 3.04. The van der Waals surface area contributed by atoms with Gasteiger partial charge in [0.1, 0.15) is 0 Å². The van der Waals surface area contributed by atoms with Crippen LogP contribution in [0, 0.1) is 6.92 Å². The van der Waals surface area contributed by atoms with Crippen LogP contribution in [0.1, 0.15) is 16.0 Å². The Kier molecular flexibility index (Phi) is 4.20. The van der Waals surface area contributed by atoms with Crippen molar-refractivity contribution in [3.8, 4) is 0 Å². The lowest BCUT2D eigenvalue weighted by atomic mass is 10.1. The number of nitrogens with one attached hydrogen (secondary N) is 1. The van der Waals surface area contributed by atoms with Crippen molar-refractivity contribution in [1.82, 2.24) is 0 Å². The van der Waals surface area contributed by atoms with Gasteiger partial charge in [-0.2, -0.15) is 13.2 Å². The quantitative estimate of drug-likeness (QED) is 0.776. The van der Waals surface area contributed by atoms with Crippen LogP contribution in [0.3, 0.4) is 0 Å². The summed E-state index contributed by atoms with van der Waals surface area (Å²) in [5, 5.41) is 3.04. The number of halogens is 4. The monoisotopic (exact) mass is 349 g/mol. The summed E-state index contributed by atoms with van der Waals surface area (Å²) in [4.78, 5) is 1.06. The zero-order valence-corrected chi connectivity index (χ0v) is 12.4. The second kappa shape index (κ2) is 5.54. The molecule has 0 aliphatic carbocycles. The number of benzene rings is 1. The van der Waals surface area contributed by atoms with Crippen molar-refractivity contribution in [1.29, 1.82) is 0 Å². The SMILES string of the molecule is Cc1ccc(C(F)(F)F)cc1NCc1ccc(Br)s1. The van der Waals surface area contributed by atoms with Gasteiger partial charge in [-0.1, -0.05) is 6.07 Å². The fraction of sp³-hybridized carbons (Fsp3) is 0.231. The van der Waals surface area contributed by atoms with Gasteiger partial charge in [0.15, 0.2) is 0 Å². The van der Waals surface area contributed by atoms with Crippen LogP contribution in [-0.4, -0.2) is 0 Å². The van der Waals surface area contributed by atoms with E-state index in [-0.39, 0.29) is 0 Å². The van der Waals surface area contributed by atoms with Crippen LogP contribution in [-0.2, 0) is 12.7 Å². The van der Waals surface area contributed by atoms with E-state index < -0.39 is 11.7 Å². The molecule has 2 rings (SSSR count). The molecule has 19 heavy (non-hydrogen) atoms. The van der Waals surface area contributed by atoms with Crippen molar-refractivity contribution in [2.24, 2.45) is 0 Å². The highest BCUT2D eigenvalue weighted by molar-refractivity contribution is 9.11. The Balaban J connectivity index is 2.15. The molecule has 0 radical (unpaired) electrons. The van der Waals surface area contributed by atoms with Crippen LogP contribution in [0.25, 0.3) is 0 Å². The molecule has 0 fully saturated rings. The van der Waals surface area contributed by atoms with Gasteiger partial charge in [0.2, 0.25) is 0 Å². The van der Waals surface area contributed by atoms with Gasteiger partial charge in [0.25, 0.3) is 0 Å². The molecular formula is C13H11BrF3NS. The Morgan fingerprint density at radius 3 is 2.53 bits per heavy atom. The number of anilines is 1. The zero-order valence-electron chi connectivity index (χ0n) is 10.0. The van der Waals surface area contributed by atoms with Crippen molar-refractivity contribution in [3.05, 3.63) is 50.1 Å². The van der Waals surface area contributed by atoms with E-state index in [2.05, 4.69) is 21.2 Å². The van der Waals surface area contributed by atoms with Gasteiger partial charge < -0.3 is 5.32 Å². The Morgan fingerprint density at radius 1 is 1.21 bits per heavy atom. The average Bonchev–Trinajstić information content (AvgIpc) is 2.72. The van der Waals surface area contributed by atoms with Crippen LogP contribution < -0.4 is 5.32 Å². The molecule has 102 valence electrons. The van der Waals surface area contributed by atoms with Gasteiger partial charge >= 0.3 is 6.18 Å². The molecule has 1 heterocycles. The minimum Gasteiger partial charge on any atom is -0.380 e. The summed E-state index contributed by atoms with van der Waals surface area (Å²) < 4.78 is 38.9. The fourth-order valence-electron chi connectivity index (χ4n) is 1.62. The first-order valence-corrected chi connectivity index (χ1v) is 7.13. The van der Waals surface area contributed by atoms with Crippen molar-refractivity contribution >= 4 is 33.0 Å². The van der Waals surface area contributed by atoms with E-state index in [0.717, 1.165) is 26.4 Å². The van der Waals surface area contributed by atoms with E-state index in [1.807, 2.05) is 12.1 Å². The number of aryl methyl sites for hydroxylation is 1. The lowest BCUT2D eigenvalue weighted by Crippen LogP contribution is -2.07. The molecule has 0 saturated heterocycles. The Bertz CT molecular complexity index is 578. The largest absolute Gasteiger partial charge is 0.416 e. The molecule has 0 spiro atoms. The molecule has 0 aliphatic rings. The third-order valence-corrected chi connectivity index (χ3v) is 4.27. The zero-order chi connectivity index (χ0) is 14.0. The first-order valence-electron chi connectivity index (χ1n) is 5.52. The van der Waals surface area contributed by atoms with E-state index in [1.165, 1.54) is 6.07 Å². The van der Waals surface area contributed by atoms with E-state index in [0.29, 0.717) is 12.2 Å². The molecular weight excluding hydrogens is 339 g/mol. The maximum atomic E-state index is 12.6. The van der Waals surface area contributed by atoms with Gasteiger partial charge in [0.05, 0.1) is 9.35 Å². The smallest absolute Gasteiger partial charge is 0.380 e. The third-order valence-electron chi connectivity index (χ3n) is 2.65. The van der Waals surface area contributed by atoms with Gasteiger partial charge in [0, 0.05) is 17.1 Å². The minimum atomic E-state index is -4.31. The number of hydrogen-bond acceptors (Lipinski definition) is 2. The highest BCUT2D eigenvalue weighted by Crippen LogP contribution is 2.32. The molecule has 1 N–H and O–H groups in total. The highest BCUT2D eigenvalue weighted by Gasteiger charge is 2.30. The predicted molar refractivity (Wildman–Crippen MR) is 75.5 cm³/mol. The lowest BCUT2D eigenvalue weighted by Gasteiger charge is -2.12. The highest BCUT2D eigenvalue weighted by atomic mass is 79.9. The molecule has 0 bridgehead atoms. The van der Waals surface area contributed by atoms with Crippen molar-refractivity contribution in [2.75, 3.05) is 5.32 Å². The topological polar surface area (TPSA) is 12.0 Å². The average molecular weight is 350 g/mol. The summed E-state index contributed by atoms with van der Waals surface area (Å²) in [6.45, 7) is 2.30. The summed E-state index contributed by atoms with van der Waals surface area (Å²) in [6, 6.07) is 7.58. The van der Waals surface area contributed by atoms with Crippen molar-refractivity contribution < 1.29 is 13.2 Å². The number of rotatable bonds is 3. The van der Waals surface area contributed by atoms with Crippen LogP contribution in [0.4, 0.5) is 18.9 Å². The minimum absolute atomic E-state index is 0.512. The van der Waals surface area contributed by atoms with Crippen LogP contribution >= 0.6 is 27.3 Å². The summed E-state index contributed by atoms with van der Waals surface area (Å²) in [7, 11) is 0. The second-order valence-electron chi connectivity index (χ2n) is 4.09. The maximum Gasteiger partial charge on any atom is 0.416 e. The molecule has 0 saturated carbocycles. The van der Waals surface area contributed by atoms with E-state index in [4.69, 9.17) is 0 Å². The number of alkyl halides is 3. The van der Waals surface area contributed by atoms with Crippen LogP contribution in [0.2, 0.25) is 0 Å². The molecule has 0 unspecified atom stereocenters. The molecule has 1 nitrogen and oxygen atoms in total. The van der Waals surface area contributed by atoms with Crippen LogP contribution in [0.5, 0.6) is 0 Å². The van der Waals surface area contributed by atoms with Crippen LogP contribution in [0.15, 0.2) is 34.1 Å². The van der Waals surface area contributed by atoms with Gasteiger partial charge in [-0.15, -0.1) is 11.3 Å². The van der Waals surface area contributed by atoms with Gasteiger partial charge in [-0.25, -0.2) is 0 Å². The third kappa shape index (κ3) is 3.73. The number of hydrogen-bond donors (Lipinski definition) is 1. The van der Waals surface area contributed by atoms with E-state index in [1.54, 1.807) is 18.3 Å². The molecule has 0 aliphatic heterocycles. The molecule has 0 amide bonds. The molecule has 2 aromatic rings. The summed E-state index contributed by atoms with van der Waals surface area (Å²) in [6.07, 6.45) is -4.31. The predicted octanol–water partition coefficient (Wildman–Crippen LogP) is 5.45. The Hall–Kier alpha value is -1.01. The normalized spacial score (nSPS) is 11.6. The Morgan fingerprint density at radius 2 is 1.95 bits per heavy atom. The Labute approximate surface area is 121 Å². The van der Waals surface area contributed by atoms with Crippen molar-refractivity contribution in [2.45, 2.75) is 19.6 Å². The van der Waals surface area contributed by atoms with Crippen molar-refractivity contribution in [3.63, 3.8) is 0 Å². The number of thiophene rings is 1. The second-order valence-corrected chi connectivity index (χ2v) is 6.63. The standard InChI is InChI=1S/C13H11BrF3NS/c1-8-2-3-9(13(15,16)17)6-11(8)18-7-10-4-5-12(14)19-10/h2-6,18H,7H2,1H3. The lowest BCUT2D eigenvalue weighted by molar-refractivity contribution is -0.137.